The molecule has 2 nitrogen and oxygen atoms in total. The van der Waals surface area contributed by atoms with Crippen LogP contribution in [0.1, 0.15) is 38.9 Å². The van der Waals surface area contributed by atoms with Crippen LogP contribution in [0, 0.1) is 0 Å². The van der Waals surface area contributed by atoms with Gasteiger partial charge in [-0.15, -0.1) is 0 Å². The van der Waals surface area contributed by atoms with E-state index in [4.69, 9.17) is 4.74 Å². The minimum absolute atomic E-state index is 0.286. The normalized spacial score (nSPS) is 28.1. The summed E-state index contributed by atoms with van der Waals surface area (Å²) in [6.07, 6.45) is 0.624. The van der Waals surface area contributed by atoms with Gasteiger partial charge in [-0.05, 0) is 24.1 Å². The molecule has 20 heavy (non-hydrogen) atoms. The smallest absolute Gasteiger partial charge is 0.119 e. The van der Waals surface area contributed by atoms with Crippen LogP contribution in [0.3, 0.4) is 0 Å². The van der Waals surface area contributed by atoms with Gasteiger partial charge in [0.2, 0.25) is 0 Å². The first kappa shape index (κ1) is 16.1. The van der Waals surface area contributed by atoms with Crippen LogP contribution >= 0.6 is 23.5 Å². The molecule has 1 N–H and O–H groups in total. The summed E-state index contributed by atoms with van der Waals surface area (Å²) in [4.78, 5) is 0. The average molecular weight is 312 g/mol. The van der Waals surface area contributed by atoms with Gasteiger partial charge in [0.25, 0.3) is 0 Å². The molecule has 0 spiro atoms. The first-order valence-electron chi connectivity index (χ1n) is 7.29. The van der Waals surface area contributed by atoms with Crippen molar-refractivity contribution in [1.29, 1.82) is 0 Å². The van der Waals surface area contributed by atoms with Gasteiger partial charge < -0.3 is 9.84 Å². The lowest BCUT2D eigenvalue weighted by Crippen LogP contribution is -2.30. The largest absolute Gasteiger partial charge is 0.494 e. The Bertz CT molecular complexity index is 407. The van der Waals surface area contributed by atoms with Crippen LogP contribution in [0.5, 0.6) is 5.75 Å². The second-order valence-electron chi connectivity index (χ2n) is 5.28. The molecule has 2 rings (SSSR count). The van der Waals surface area contributed by atoms with Crippen LogP contribution in [0.15, 0.2) is 24.3 Å². The average Bonchev–Trinajstić information content (AvgIpc) is 2.48. The molecule has 4 unspecified atom stereocenters. The van der Waals surface area contributed by atoms with Gasteiger partial charge in [0.15, 0.2) is 0 Å². The number of hydrogen-bond donors (Lipinski definition) is 1. The molecule has 1 heterocycles. The van der Waals surface area contributed by atoms with E-state index in [1.54, 1.807) is 0 Å². The van der Waals surface area contributed by atoms with Gasteiger partial charge in [0.05, 0.1) is 12.7 Å². The van der Waals surface area contributed by atoms with E-state index in [9.17, 15) is 5.11 Å². The fourth-order valence-electron chi connectivity index (χ4n) is 2.17. The molecule has 0 radical (unpaired) electrons. The van der Waals surface area contributed by atoms with Gasteiger partial charge in [-0.3, -0.25) is 0 Å². The highest BCUT2D eigenvalue weighted by Gasteiger charge is 2.31. The molecule has 1 aliphatic rings. The van der Waals surface area contributed by atoms with Crippen LogP contribution in [-0.2, 0) is 0 Å². The number of benzene rings is 1. The number of aliphatic hydroxyl groups is 1. The van der Waals surface area contributed by atoms with Gasteiger partial charge in [0.1, 0.15) is 5.75 Å². The minimum atomic E-state index is -0.386. The molecule has 1 fully saturated rings. The third-order valence-corrected chi connectivity index (χ3v) is 7.10. The highest BCUT2D eigenvalue weighted by Crippen LogP contribution is 2.41. The van der Waals surface area contributed by atoms with E-state index in [2.05, 4.69) is 20.8 Å². The summed E-state index contributed by atoms with van der Waals surface area (Å²) in [5, 5.41) is 12.1. The Morgan fingerprint density at radius 2 is 1.95 bits per heavy atom. The standard InChI is InChI=1S/C16H24O2S2/c1-4-9-18-14-7-5-13(6-8-14)16(17)15-10-19-11(2)12(3)20-15/h5-8,11-12,15-17H,4,9-10H2,1-3H3. The first-order chi connectivity index (χ1) is 9.61. The molecule has 1 saturated heterocycles. The summed E-state index contributed by atoms with van der Waals surface area (Å²) in [7, 11) is 0. The second kappa shape index (κ2) is 7.62. The van der Waals surface area contributed by atoms with E-state index in [0.717, 1.165) is 30.1 Å². The van der Waals surface area contributed by atoms with Crippen LogP contribution in [0.25, 0.3) is 0 Å². The predicted octanol–water partition coefficient (Wildman–Crippen LogP) is 4.13. The van der Waals surface area contributed by atoms with Gasteiger partial charge in [-0.25, -0.2) is 0 Å². The minimum Gasteiger partial charge on any atom is -0.494 e. The molecular weight excluding hydrogens is 288 g/mol. The quantitative estimate of drug-likeness (QED) is 0.885. The van der Waals surface area contributed by atoms with Crippen molar-refractivity contribution in [2.75, 3.05) is 12.4 Å². The molecule has 4 heteroatoms. The third-order valence-electron chi connectivity index (χ3n) is 3.62. The molecule has 0 aliphatic carbocycles. The van der Waals surface area contributed by atoms with Crippen molar-refractivity contribution in [3.63, 3.8) is 0 Å². The summed E-state index contributed by atoms with van der Waals surface area (Å²) in [5.74, 6) is 1.90. The van der Waals surface area contributed by atoms with Gasteiger partial charge in [-0.2, -0.15) is 23.5 Å². The molecule has 0 aromatic heterocycles. The van der Waals surface area contributed by atoms with E-state index in [-0.39, 0.29) is 11.4 Å². The van der Waals surface area contributed by atoms with E-state index >= 15 is 0 Å². The van der Waals surface area contributed by atoms with Gasteiger partial charge >= 0.3 is 0 Å². The Kier molecular flexibility index (Phi) is 6.12. The lowest BCUT2D eigenvalue weighted by atomic mass is 10.1. The summed E-state index contributed by atoms with van der Waals surface area (Å²) in [6.45, 7) is 7.36. The molecule has 112 valence electrons. The van der Waals surface area contributed by atoms with Crippen molar-refractivity contribution in [2.45, 2.75) is 49.0 Å². The summed E-state index contributed by atoms with van der Waals surface area (Å²) < 4.78 is 5.58. The maximum Gasteiger partial charge on any atom is 0.119 e. The summed E-state index contributed by atoms with van der Waals surface area (Å²) in [6, 6.07) is 7.90. The third kappa shape index (κ3) is 4.09. The number of ether oxygens (including phenoxy) is 1. The topological polar surface area (TPSA) is 29.5 Å². The fraction of sp³-hybridized carbons (Fsp3) is 0.625. The van der Waals surface area contributed by atoms with Gasteiger partial charge in [-0.1, -0.05) is 32.9 Å². The second-order valence-corrected chi connectivity index (χ2v) is 8.31. The number of hydrogen-bond acceptors (Lipinski definition) is 4. The lowest BCUT2D eigenvalue weighted by molar-refractivity contribution is 0.180. The van der Waals surface area contributed by atoms with E-state index in [0.29, 0.717) is 10.5 Å². The Labute approximate surface area is 130 Å². The van der Waals surface area contributed by atoms with Gasteiger partial charge in [0, 0.05) is 21.5 Å². The molecule has 1 aromatic carbocycles. The first-order valence-corrected chi connectivity index (χ1v) is 9.29. The maximum absolute atomic E-state index is 10.5. The number of thioether (sulfide) groups is 2. The van der Waals surface area contributed by atoms with Crippen molar-refractivity contribution in [3.8, 4) is 5.75 Å². The van der Waals surface area contributed by atoms with Crippen molar-refractivity contribution in [2.24, 2.45) is 0 Å². The molecule has 1 aromatic rings. The molecule has 0 saturated carbocycles. The lowest BCUT2D eigenvalue weighted by Gasteiger charge is -2.34. The summed E-state index contributed by atoms with van der Waals surface area (Å²) in [5.41, 5.74) is 0.994. The number of rotatable bonds is 5. The van der Waals surface area contributed by atoms with Crippen LogP contribution in [-0.4, -0.2) is 33.2 Å². The zero-order chi connectivity index (χ0) is 14.5. The molecule has 0 amide bonds. The fourth-order valence-corrected chi connectivity index (χ4v) is 5.17. The Balaban J connectivity index is 1.96. The molecule has 1 aliphatic heterocycles. The van der Waals surface area contributed by atoms with Crippen LogP contribution in [0.2, 0.25) is 0 Å². The maximum atomic E-state index is 10.5. The Morgan fingerprint density at radius 3 is 2.55 bits per heavy atom. The highest BCUT2D eigenvalue weighted by atomic mass is 32.2. The zero-order valence-corrected chi connectivity index (χ0v) is 14.0. The van der Waals surface area contributed by atoms with Crippen molar-refractivity contribution in [3.05, 3.63) is 29.8 Å². The Hall–Kier alpha value is -0.320. The number of aliphatic hydroxyl groups excluding tert-OH is 1. The van der Waals surface area contributed by atoms with E-state index in [1.807, 2.05) is 47.8 Å². The monoisotopic (exact) mass is 312 g/mol. The van der Waals surface area contributed by atoms with Crippen molar-refractivity contribution in [1.82, 2.24) is 0 Å². The SMILES string of the molecule is CCCOc1ccc(C(O)C2CSC(C)C(C)S2)cc1. The van der Waals surface area contributed by atoms with Crippen LogP contribution < -0.4 is 4.74 Å². The summed E-state index contributed by atoms with van der Waals surface area (Å²) >= 11 is 3.88. The van der Waals surface area contributed by atoms with Crippen molar-refractivity contribution < 1.29 is 9.84 Å². The van der Waals surface area contributed by atoms with Crippen molar-refractivity contribution >= 4 is 23.5 Å². The molecular formula is C16H24O2S2. The molecule has 4 atom stereocenters. The highest BCUT2D eigenvalue weighted by molar-refractivity contribution is 8.07. The molecule has 0 bridgehead atoms. The Morgan fingerprint density at radius 1 is 1.25 bits per heavy atom. The zero-order valence-electron chi connectivity index (χ0n) is 12.4. The predicted molar refractivity (Wildman–Crippen MR) is 89.9 cm³/mol. The van der Waals surface area contributed by atoms with Crippen LogP contribution in [0.4, 0.5) is 0 Å². The van der Waals surface area contributed by atoms with E-state index in [1.165, 1.54) is 0 Å². The van der Waals surface area contributed by atoms with E-state index < -0.39 is 0 Å².